The van der Waals surface area contributed by atoms with Crippen LogP contribution in [0.1, 0.15) is 6.92 Å². The van der Waals surface area contributed by atoms with Gasteiger partial charge in [0.25, 0.3) is 0 Å². The number of methoxy groups -OCH3 is 1. The van der Waals surface area contributed by atoms with Gasteiger partial charge in [-0.2, -0.15) is 0 Å². The topological polar surface area (TPSA) is 38.7 Å². The van der Waals surface area contributed by atoms with E-state index in [4.69, 9.17) is 27.9 Å². The van der Waals surface area contributed by atoms with Gasteiger partial charge in [0.15, 0.2) is 0 Å². The van der Waals surface area contributed by atoms with Gasteiger partial charge in [0.05, 0.1) is 12.1 Å². The molecule has 0 aromatic heterocycles. The maximum Gasteiger partial charge on any atom is 0.324 e. The Morgan fingerprint density at radius 3 is 2.83 bits per heavy atom. The molecule has 1 aromatic carbocycles. The maximum atomic E-state index is 11.6. The Morgan fingerprint density at radius 1 is 1.56 bits per heavy atom. The molecule has 0 N–H and O–H groups in total. The fourth-order valence-electron chi connectivity index (χ4n) is 1.16. The van der Waals surface area contributed by atoms with Crippen LogP contribution in [-0.2, 0) is 9.53 Å². The lowest BCUT2D eigenvalue weighted by Gasteiger charge is -2.10. The predicted molar refractivity (Wildman–Crippen MR) is 77.2 cm³/mol. The molecule has 18 heavy (non-hydrogen) atoms. The quantitative estimate of drug-likeness (QED) is 0.473. The number of hydrogen-bond acceptors (Lipinski definition) is 4. The third-order valence-corrected chi connectivity index (χ3v) is 3.84. The van der Waals surface area contributed by atoms with Gasteiger partial charge in [-0.3, -0.25) is 9.79 Å². The summed E-state index contributed by atoms with van der Waals surface area (Å²) in [5.74, 6) is -0.358. The molecule has 0 bridgehead atoms. The lowest BCUT2D eigenvalue weighted by molar-refractivity contribution is -0.138. The first kappa shape index (κ1) is 15.3. The zero-order valence-corrected chi connectivity index (χ0v) is 12.4. The third-order valence-electron chi connectivity index (χ3n) is 2.00. The maximum absolute atomic E-state index is 11.6. The highest BCUT2D eigenvalue weighted by Gasteiger charge is 2.19. The number of aliphatic imine (C=N–C) groups is 1. The standard InChI is InChI=1S/C12H13Cl2NO2S/c1-3-15-7-11(12(16)17-2)18-10-5-4-8(13)6-9(10)14/h4-7,11H,3H2,1-2H3. The van der Waals surface area contributed by atoms with E-state index in [1.54, 1.807) is 24.4 Å². The first-order valence-corrected chi connectivity index (χ1v) is 6.91. The van der Waals surface area contributed by atoms with Crippen LogP contribution in [0, 0.1) is 0 Å². The van der Waals surface area contributed by atoms with E-state index in [1.807, 2.05) is 6.92 Å². The van der Waals surface area contributed by atoms with Gasteiger partial charge in [-0.25, -0.2) is 0 Å². The van der Waals surface area contributed by atoms with Crippen molar-refractivity contribution in [3.63, 3.8) is 0 Å². The highest BCUT2D eigenvalue weighted by atomic mass is 35.5. The van der Waals surface area contributed by atoms with Gasteiger partial charge in [0, 0.05) is 22.7 Å². The summed E-state index contributed by atoms with van der Waals surface area (Å²) in [6, 6.07) is 5.13. The number of benzene rings is 1. The molecule has 6 heteroatoms. The molecule has 0 saturated heterocycles. The van der Waals surface area contributed by atoms with Gasteiger partial charge in [0.1, 0.15) is 5.25 Å². The second-order valence-corrected chi connectivity index (χ2v) is 5.31. The van der Waals surface area contributed by atoms with Crippen LogP contribution >= 0.6 is 35.0 Å². The Balaban J connectivity index is 2.88. The fourth-order valence-corrected chi connectivity index (χ4v) is 2.64. The van der Waals surface area contributed by atoms with Crippen molar-refractivity contribution < 1.29 is 9.53 Å². The molecular weight excluding hydrogens is 293 g/mol. The molecule has 1 rings (SSSR count). The highest BCUT2D eigenvalue weighted by molar-refractivity contribution is 8.01. The summed E-state index contributed by atoms with van der Waals surface area (Å²) in [4.78, 5) is 16.4. The minimum absolute atomic E-state index is 0.358. The molecule has 0 spiro atoms. The Labute approximate surface area is 121 Å². The second-order valence-electron chi connectivity index (χ2n) is 3.28. The number of thioether (sulfide) groups is 1. The van der Waals surface area contributed by atoms with Gasteiger partial charge < -0.3 is 4.74 Å². The molecule has 0 radical (unpaired) electrons. The zero-order valence-electron chi connectivity index (χ0n) is 10.0. The van der Waals surface area contributed by atoms with Crippen molar-refractivity contribution >= 4 is 47.1 Å². The van der Waals surface area contributed by atoms with E-state index in [-0.39, 0.29) is 5.97 Å². The number of rotatable bonds is 5. The van der Waals surface area contributed by atoms with Crippen molar-refractivity contribution in [2.75, 3.05) is 13.7 Å². The van der Waals surface area contributed by atoms with Gasteiger partial charge in [-0.05, 0) is 25.1 Å². The van der Waals surface area contributed by atoms with Crippen molar-refractivity contribution in [2.24, 2.45) is 4.99 Å². The minimum Gasteiger partial charge on any atom is -0.468 e. The van der Waals surface area contributed by atoms with Gasteiger partial charge in [-0.1, -0.05) is 23.2 Å². The fraction of sp³-hybridized carbons (Fsp3) is 0.333. The molecule has 0 saturated carbocycles. The molecule has 3 nitrogen and oxygen atoms in total. The number of carbonyl (C=O) groups excluding carboxylic acids is 1. The van der Waals surface area contributed by atoms with Crippen LogP contribution in [0.5, 0.6) is 0 Å². The number of nitrogens with zero attached hydrogens (tertiary/aromatic N) is 1. The Bertz CT molecular complexity index is 452. The van der Waals surface area contributed by atoms with Crippen LogP contribution in [-0.4, -0.2) is 31.1 Å². The number of esters is 1. The van der Waals surface area contributed by atoms with Gasteiger partial charge >= 0.3 is 5.97 Å². The van der Waals surface area contributed by atoms with Crippen molar-refractivity contribution in [1.29, 1.82) is 0 Å². The van der Waals surface area contributed by atoms with Crippen LogP contribution < -0.4 is 0 Å². The van der Waals surface area contributed by atoms with Crippen molar-refractivity contribution in [3.05, 3.63) is 28.2 Å². The average Bonchev–Trinajstić information content (AvgIpc) is 2.36. The van der Waals surface area contributed by atoms with E-state index in [0.29, 0.717) is 16.6 Å². The predicted octanol–water partition coefficient (Wildman–Crippen LogP) is 3.72. The van der Waals surface area contributed by atoms with Crippen LogP contribution in [0.4, 0.5) is 0 Å². The summed E-state index contributed by atoms with van der Waals surface area (Å²) < 4.78 is 4.73. The van der Waals surface area contributed by atoms with E-state index < -0.39 is 5.25 Å². The molecule has 0 aliphatic carbocycles. The lowest BCUT2D eigenvalue weighted by atomic mass is 10.4. The van der Waals surface area contributed by atoms with E-state index in [0.717, 1.165) is 4.90 Å². The van der Waals surface area contributed by atoms with Gasteiger partial charge in [-0.15, -0.1) is 11.8 Å². The smallest absolute Gasteiger partial charge is 0.324 e. The summed E-state index contributed by atoms with van der Waals surface area (Å²) in [5, 5.41) is 0.557. The summed E-state index contributed by atoms with van der Waals surface area (Å²) >= 11 is 13.2. The molecule has 0 amide bonds. The van der Waals surface area contributed by atoms with Crippen LogP contribution in [0.15, 0.2) is 28.1 Å². The SMILES string of the molecule is CCN=CC(Sc1ccc(Cl)cc1Cl)C(=O)OC. The minimum atomic E-state index is -0.506. The van der Waals surface area contributed by atoms with E-state index in [1.165, 1.54) is 18.9 Å². The van der Waals surface area contributed by atoms with Crippen molar-refractivity contribution in [1.82, 2.24) is 0 Å². The average molecular weight is 306 g/mol. The Morgan fingerprint density at radius 2 is 2.28 bits per heavy atom. The van der Waals surface area contributed by atoms with Crippen molar-refractivity contribution in [2.45, 2.75) is 17.1 Å². The number of ether oxygens (including phenoxy) is 1. The van der Waals surface area contributed by atoms with Crippen molar-refractivity contribution in [3.8, 4) is 0 Å². The lowest BCUT2D eigenvalue weighted by Crippen LogP contribution is -2.20. The molecule has 0 fully saturated rings. The first-order valence-electron chi connectivity index (χ1n) is 5.28. The zero-order chi connectivity index (χ0) is 13.5. The van der Waals surface area contributed by atoms with E-state index >= 15 is 0 Å². The third kappa shape index (κ3) is 4.52. The molecule has 1 unspecified atom stereocenters. The largest absolute Gasteiger partial charge is 0.468 e. The monoisotopic (exact) mass is 305 g/mol. The molecule has 0 aliphatic rings. The molecule has 0 aliphatic heterocycles. The Hall–Kier alpha value is -0.710. The summed E-state index contributed by atoms with van der Waals surface area (Å²) in [5.41, 5.74) is 0. The van der Waals surface area contributed by atoms with E-state index in [9.17, 15) is 4.79 Å². The Kier molecular flexibility index (Phi) is 6.54. The number of halogens is 2. The van der Waals surface area contributed by atoms with Crippen LogP contribution in [0.25, 0.3) is 0 Å². The number of hydrogen-bond donors (Lipinski definition) is 0. The van der Waals surface area contributed by atoms with Crippen LogP contribution in [0.3, 0.4) is 0 Å². The summed E-state index contributed by atoms with van der Waals surface area (Å²) in [7, 11) is 1.35. The first-order chi connectivity index (χ1) is 8.58. The second kappa shape index (κ2) is 7.67. The number of carbonyl (C=O) groups is 1. The summed E-state index contributed by atoms with van der Waals surface area (Å²) in [6.45, 7) is 2.51. The van der Waals surface area contributed by atoms with E-state index in [2.05, 4.69) is 4.99 Å². The molecule has 98 valence electrons. The summed E-state index contributed by atoms with van der Waals surface area (Å²) in [6.07, 6.45) is 1.57. The molecule has 1 atom stereocenters. The van der Waals surface area contributed by atoms with Crippen LogP contribution in [0.2, 0.25) is 10.0 Å². The highest BCUT2D eigenvalue weighted by Crippen LogP contribution is 2.32. The molecule has 1 aromatic rings. The normalized spacial score (nSPS) is 12.7. The molecular formula is C12H13Cl2NO2S. The molecule has 0 heterocycles. The van der Waals surface area contributed by atoms with Gasteiger partial charge in [0.2, 0.25) is 0 Å².